The fourth-order valence-corrected chi connectivity index (χ4v) is 2.22. The van der Waals surface area contributed by atoms with E-state index in [1.165, 1.54) is 6.07 Å². The summed E-state index contributed by atoms with van der Waals surface area (Å²) >= 11 is 0. The lowest BCUT2D eigenvalue weighted by Gasteiger charge is -2.29. The van der Waals surface area contributed by atoms with Gasteiger partial charge in [-0.2, -0.15) is 0 Å². The first-order valence-electron chi connectivity index (χ1n) is 7.50. The highest BCUT2D eigenvalue weighted by Crippen LogP contribution is 2.27. The number of rotatable bonds is 10. The summed E-state index contributed by atoms with van der Waals surface area (Å²) in [6, 6.07) is 4.75. The van der Waals surface area contributed by atoms with Crippen LogP contribution in [-0.2, 0) is 9.47 Å². The number of nitrogens with zero attached hydrogens (tertiary/aromatic N) is 1. The summed E-state index contributed by atoms with van der Waals surface area (Å²) in [5.74, 6) is 0.151. The Labute approximate surface area is 127 Å². The SMILES string of the molecule is CCOCCN(CCOCC)C(C)c1cc(O)cc(O)c1. The fraction of sp³-hybridized carbons (Fsp3) is 0.625. The molecule has 0 aliphatic heterocycles. The zero-order valence-electron chi connectivity index (χ0n) is 13.2. The zero-order chi connectivity index (χ0) is 15.7. The van der Waals surface area contributed by atoms with E-state index in [1.54, 1.807) is 12.1 Å². The quantitative estimate of drug-likeness (QED) is 0.650. The first kappa shape index (κ1) is 17.8. The maximum atomic E-state index is 9.62. The second-order valence-electron chi connectivity index (χ2n) is 4.89. The van der Waals surface area contributed by atoms with Crippen LogP contribution in [0.1, 0.15) is 32.4 Å². The molecule has 0 saturated carbocycles. The summed E-state index contributed by atoms with van der Waals surface area (Å²) in [5.41, 5.74) is 0.875. The second-order valence-corrected chi connectivity index (χ2v) is 4.89. The van der Waals surface area contributed by atoms with Gasteiger partial charge < -0.3 is 19.7 Å². The Morgan fingerprint density at radius 2 is 1.43 bits per heavy atom. The van der Waals surface area contributed by atoms with Crippen molar-refractivity contribution < 1.29 is 19.7 Å². The molecule has 5 heteroatoms. The molecule has 1 aromatic rings. The first-order chi connectivity index (χ1) is 10.1. The van der Waals surface area contributed by atoms with E-state index in [0.29, 0.717) is 26.4 Å². The van der Waals surface area contributed by atoms with E-state index in [0.717, 1.165) is 18.7 Å². The van der Waals surface area contributed by atoms with E-state index >= 15 is 0 Å². The highest BCUT2D eigenvalue weighted by Gasteiger charge is 2.16. The molecule has 0 aliphatic carbocycles. The van der Waals surface area contributed by atoms with Crippen LogP contribution in [0.5, 0.6) is 11.5 Å². The van der Waals surface area contributed by atoms with Gasteiger partial charge in [0.15, 0.2) is 0 Å². The van der Waals surface area contributed by atoms with Gasteiger partial charge in [0.25, 0.3) is 0 Å². The Bertz CT molecular complexity index is 381. The lowest BCUT2D eigenvalue weighted by molar-refractivity contribution is 0.0660. The molecule has 0 bridgehead atoms. The summed E-state index contributed by atoms with van der Waals surface area (Å²) in [4.78, 5) is 2.22. The lowest BCUT2D eigenvalue weighted by atomic mass is 10.1. The minimum Gasteiger partial charge on any atom is -0.508 e. The van der Waals surface area contributed by atoms with Gasteiger partial charge >= 0.3 is 0 Å². The van der Waals surface area contributed by atoms with Crippen molar-refractivity contribution in [3.05, 3.63) is 23.8 Å². The normalized spacial score (nSPS) is 12.8. The van der Waals surface area contributed by atoms with E-state index in [2.05, 4.69) is 4.90 Å². The fourth-order valence-electron chi connectivity index (χ4n) is 2.22. The van der Waals surface area contributed by atoms with Crippen molar-refractivity contribution in [2.75, 3.05) is 39.5 Å². The van der Waals surface area contributed by atoms with Crippen LogP contribution >= 0.6 is 0 Å². The first-order valence-corrected chi connectivity index (χ1v) is 7.50. The van der Waals surface area contributed by atoms with Gasteiger partial charge in [-0.05, 0) is 38.5 Å². The summed E-state index contributed by atoms with van der Waals surface area (Å²) in [6.07, 6.45) is 0. The Balaban J connectivity index is 2.73. The van der Waals surface area contributed by atoms with Crippen molar-refractivity contribution in [3.8, 4) is 11.5 Å². The lowest BCUT2D eigenvalue weighted by Crippen LogP contribution is -2.33. The minimum atomic E-state index is 0.0592. The number of aromatic hydroxyl groups is 2. The van der Waals surface area contributed by atoms with Gasteiger partial charge in [0.2, 0.25) is 0 Å². The average molecular weight is 297 g/mol. The van der Waals surface area contributed by atoms with Gasteiger partial charge in [-0.3, -0.25) is 4.90 Å². The average Bonchev–Trinajstić information content (AvgIpc) is 2.44. The summed E-state index contributed by atoms with van der Waals surface area (Å²) < 4.78 is 10.8. The molecule has 120 valence electrons. The van der Waals surface area contributed by atoms with Gasteiger partial charge in [0, 0.05) is 38.4 Å². The molecule has 2 N–H and O–H groups in total. The number of ether oxygens (including phenoxy) is 2. The smallest absolute Gasteiger partial charge is 0.119 e. The molecular formula is C16H27NO4. The topological polar surface area (TPSA) is 62.2 Å². The molecule has 1 rings (SSSR count). The molecule has 0 fully saturated rings. The molecule has 0 aromatic heterocycles. The van der Waals surface area contributed by atoms with Crippen molar-refractivity contribution in [1.29, 1.82) is 0 Å². The van der Waals surface area contributed by atoms with Crippen LogP contribution in [-0.4, -0.2) is 54.6 Å². The zero-order valence-corrected chi connectivity index (χ0v) is 13.2. The third kappa shape index (κ3) is 6.33. The minimum absolute atomic E-state index is 0.0592. The summed E-state index contributed by atoms with van der Waals surface area (Å²) in [5, 5.41) is 19.2. The van der Waals surface area contributed by atoms with Crippen molar-refractivity contribution in [2.24, 2.45) is 0 Å². The van der Waals surface area contributed by atoms with Crippen LogP contribution in [0.4, 0.5) is 0 Å². The molecule has 0 amide bonds. The number of hydrogen-bond donors (Lipinski definition) is 2. The highest BCUT2D eigenvalue weighted by molar-refractivity contribution is 5.37. The molecular weight excluding hydrogens is 270 g/mol. The maximum Gasteiger partial charge on any atom is 0.119 e. The molecule has 0 saturated heterocycles. The summed E-state index contributed by atoms with van der Waals surface area (Å²) in [6.45, 7) is 10.2. The van der Waals surface area contributed by atoms with Crippen LogP contribution in [0, 0.1) is 0 Å². The molecule has 1 unspecified atom stereocenters. The van der Waals surface area contributed by atoms with E-state index < -0.39 is 0 Å². The largest absolute Gasteiger partial charge is 0.508 e. The van der Waals surface area contributed by atoms with Crippen molar-refractivity contribution >= 4 is 0 Å². The Morgan fingerprint density at radius 1 is 0.952 bits per heavy atom. The van der Waals surface area contributed by atoms with E-state index in [4.69, 9.17) is 9.47 Å². The van der Waals surface area contributed by atoms with Gasteiger partial charge in [0.05, 0.1) is 13.2 Å². The molecule has 1 atom stereocenters. The molecule has 0 spiro atoms. The molecule has 0 aliphatic rings. The van der Waals surface area contributed by atoms with E-state index in [1.807, 2.05) is 20.8 Å². The maximum absolute atomic E-state index is 9.62. The van der Waals surface area contributed by atoms with Crippen molar-refractivity contribution in [2.45, 2.75) is 26.8 Å². The number of phenols is 2. The van der Waals surface area contributed by atoms with Crippen LogP contribution in [0.3, 0.4) is 0 Å². The third-order valence-electron chi connectivity index (χ3n) is 3.41. The van der Waals surface area contributed by atoms with Gasteiger partial charge in [-0.15, -0.1) is 0 Å². The monoisotopic (exact) mass is 297 g/mol. The molecule has 1 aromatic carbocycles. The highest BCUT2D eigenvalue weighted by atomic mass is 16.5. The second kappa shape index (κ2) is 9.60. The molecule has 5 nitrogen and oxygen atoms in total. The van der Waals surface area contributed by atoms with Gasteiger partial charge in [0.1, 0.15) is 11.5 Å². The number of hydrogen-bond acceptors (Lipinski definition) is 5. The van der Waals surface area contributed by atoms with Crippen LogP contribution in [0.2, 0.25) is 0 Å². The van der Waals surface area contributed by atoms with Crippen molar-refractivity contribution in [1.82, 2.24) is 4.90 Å². The van der Waals surface area contributed by atoms with Gasteiger partial charge in [-0.1, -0.05) is 0 Å². The number of phenolic OH excluding ortho intramolecular Hbond substituents is 2. The van der Waals surface area contributed by atoms with Crippen molar-refractivity contribution in [3.63, 3.8) is 0 Å². The third-order valence-corrected chi connectivity index (χ3v) is 3.41. The molecule has 21 heavy (non-hydrogen) atoms. The molecule has 0 radical (unpaired) electrons. The number of benzene rings is 1. The van der Waals surface area contributed by atoms with Crippen LogP contribution in [0.25, 0.3) is 0 Å². The van der Waals surface area contributed by atoms with E-state index in [9.17, 15) is 10.2 Å². The standard InChI is InChI=1S/C16H27NO4/c1-4-20-8-6-17(7-9-21-5-2)13(3)14-10-15(18)12-16(19)11-14/h10-13,18-19H,4-9H2,1-3H3. The predicted octanol–water partition coefficient (Wildman–Crippen LogP) is 2.53. The van der Waals surface area contributed by atoms with E-state index in [-0.39, 0.29) is 17.5 Å². The van der Waals surface area contributed by atoms with Crippen LogP contribution in [0.15, 0.2) is 18.2 Å². The van der Waals surface area contributed by atoms with Gasteiger partial charge in [-0.25, -0.2) is 0 Å². The molecule has 0 heterocycles. The Morgan fingerprint density at radius 3 is 1.86 bits per heavy atom. The Hall–Kier alpha value is -1.30. The Kier molecular flexibility index (Phi) is 8.12. The summed E-state index contributed by atoms with van der Waals surface area (Å²) in [7, 11) is 0. The predicted molar refractivity (Wildman–Crippen MR) is 82.7 cm³/mol. The van der Waals surface area contributed by atoms with Crippen LogP contribution < -0.4 is 0 Å².